The average molecular weight is 283 g/mol. The van der Waals surface area contributed by atoms with Crippen molar-refractivity contribution >= 4 is 29.0 Å². The number of hydrogen-bond donors (Lipinski definition) is 1. The number of halogens is 2. The van der Waals surface area contributed by atoms with Crippen LogP contribution in [0.2, 0.25) is 10.0 Å². The Labute approximate surface area is 115 Å². The van der Waals surface area contributed by atoms with Crippen molar-refractivity contribution in [2.75, 3.05) is 5.73 Å². The van der Waals surface area contributed by atoms with Crippen molar-refractivity contribution in [1.82, 2.24) is 14.5 Å². The van der Waals surface area contributed by atoms with Gasteiger partial charge in [-0.3, -0.25) is 4.57 Å². The maximum atomic E-state index is 6.18. The van der Waals surface area contributed by atoms with E-state index >= 15 is 0 Å². The normalized spacial score (nSPS) is 14.6. The Kier molecular flexibility index (Phi) is 2.92. The second-order valence-electron chi connectivity index (χ2n) is 4.38. The van der Waals surface area contributed by atoms with Gasteiger partial charge in [0.2, 0.25) is 0 Å². The topological polar surface area (TPSA) is 56.7 Å². The maximum Gasteiger partial charge on any atom is 0.159 e. The van der Waals surface area contributed by atoms with Crippen LogP contribution in [0.5, 0.6) is 0 Å². The highest BCUT2D eigenvalue weighted by atomic mass is 35.5. The first-order chi connectivity index (χ1) is 8.66. The third-order valence-corrected chi connectivity index (χ3v) is 3.78. The van der Waals surface area contributed by atoms with Crippen molar-refractivity contribution < 1.29 is 0 Å². The Balaban J connectivity index is 2.15. The summed E-state index contributed by atoms with van der Waals surface area (Å²) in [5.74, 6) is 0.892. The van der Waals surface area contributed by atoms with Crippen LogP contribution < -0.4 is 5.73 Å². The van der Waals surface area contributed by atoms with E-state index in [1.165, 1.54) is 18.5 Å². The molecule has 18 heavy (non-hydrogen) atoms. The van der Waals surface area contributed by atoms with Crippen LogP contribution in [0.25, 0.3) is 5.82 Å². The van der Waals surface area contributed by atoms with E-state index in [1.807, 2.05) is 4.57 Å². The molecule has 0 saturated heterocycles. The number of nitrogens with zero attached hydrogens (tertiary/aromatic N) is 3. The van der Waals surface area contributed by atoms with Crippen molar-refractivity contribution in [3.05, 3.63) is 33.8 Å². The maximum absolute atomic E-state index is 6.18. The highest BCUT2D eigenvalue weighted by Gasteiger charge is 2.18. The first kappa shape index (κ1) is 11.8. The van der Waals surface area contributed by atoms with Crippen molar-refractivity contribution in [1.29, 1.82) is 0 Å². The van der Waals surface area contributed by atoms with Gasteiger partial charge in [0, 0.05) is 5.69 Å². The summed E-state index contributed by atoms with van der Waals surface area (Å²) in [5.41, 5.74) is 8.05. The lowest BCUT2D eigenvalue weighted by atomic mass is 10.0. The van der Waals surface area contributed by atoms with Crippen LogP contribution in [0.3, 0.4) is 0 Å². The van der Waals surface area contributed by atoms with E-state index in [0.717, 1.165) is 18.5 Å². The lowest BCUT2D eigenvalue weighted by molar-refractivity contribution is 0.654. The number of pyridine rings is 1. The van der Waals surface area contributed by atoms with Crippen LogP contribution in [0, 0.1) is 0 Å². The minimum atomic E-state index is 0.286. The molecular formula is C12H12Cl2N4. The fraction of sp³-hybridized carbons (Fsp3) is 0.333. The zero-order valence-electron chi connectivity index (χ0n) is 9.66. The molecule has 0 amide bonds. The molecule has 2 N–H and O–H groups in total. The Morgan fingerprint density at radius 3 is 2.78 bits per heavy atom. The number of nitrogens with two attached hydrogens (primary N) is 1. The van der Waals surface area contributed by atoms with Crippen molar-refractivity contribution in [2.45, 2.75) is 25.7 Å². The van der Waals surface area contributed by atoms with Gasteiger partial charge in [0.15, 0.2) is 5.82 Å². The number of aromatic nitrogens is 3. The van der Waals surface area contributed by atoms with Gasteiger partial charge in [-0.15, -0.1) is 0 Å². The summed E-state index contributed by atoms with van der Waals surface area (Å²) in [6.07, 6.45) is 6.13. The number of rotatable bonds is 1. The second kappa shape index (κ2) is 4.44. The molecule has 1 aliphatic rings. The van der Waals surface area contributed by atoms with Crippen molar-refractivity contribution in [3.8, 4) is 5.82 Å². The minimum Gasteiger partial charge on any atom is -0.382 e. The van der Waals surface area contributed by atoms with Gasteiger partial charge in [0.1, 0.15) is 12.1 Å². The molecule has 0 bridgehead atoms. The van der Waals surface area contributed by atoms with Crippen LogP contribution >= 0.6 is 23.2 Å². The summed E-state index contributed by atoms with van der Waals surface area (Å²) < 4.78 is 1.92. The third kappa shape index (κ3) is 1.85. The Bertz CT molecular complexity index is 606. The zero-order chi connectivity index (χ0) is 12.7. The molecule has 0 saturated carbocycles. The van der Waals surface area contributed by atoms with Crippen molar-refractivity contribution in [2.24, 2.45) is 0 Å². The molecule has 4 nitrogen and oxygen atoms in total. The molecule has 0 aliphatic heterocycles. The van der Waals surface area contributed by atoms with Gasteiger partial charge in [-0.2, -0.15) is 0 Å². The molecule has 0 radical (unpaired) electrons. The van der Waals surface area contributed by atoms with Gasteiger partial charge in [-0.1, -0.05) is 23.2 Å². The number of fused-ring (bicyclic) bond motifs is 1. The van der Waals surface area contributed by atoms with E-state index in [1.54, 1.807) is 12.4 Å². The molecule has 0 fully saturated rings. The summed E-state index contributed by atoms with van der Waals surface area (Å²) in [6.45, 7) is 0. The van der Waals surface area contributed by atoms with Crippen molar-refractivity contribution in [3.63, 3.8) is 0 Å². The fourth-order valence-electron chi connectivity index (χ4n) is 2.29. The fourth-order valence-corrected chi connectivity index (χ4v) is 2.74. The van der Waals surface area contributed by atoms with Gasteiger partial charge in [0.05, 0.1) is 15.7 Å². The van der Waals surface area contributed by atoms with E-state index in [0.29, 0.717) is 15.9 Å². The summed E-state index contributed by atoms with van der Waals surface area (Å²) in [5, 5.41) is 0.859. The largest absolute Gasteiger partial charge is 0.382 e. The Morgan fingerprint density at radius 1 is 1.17 bits per heavy atom. The molecule has 0 aromatic carbocycles. The van der Waals surface area contributed by atoms with E-state index in [2.05, 4.69) is 9.97 Å². The number of aryl methyl sites for hydroxylation is 1. The third-order valence-electron chi connectivity index (χ3n) is 3.20. The quantitative estimate of drug-likeness (QED) is 0.875. The van der Waals surface area contributed by atoms with Crippen LogP contribution in [-0.4, -0.2) is 14.5 Å². The highest BCUT2D eigenvalue weighted by molar-refractivity contribution is 6.36. The first-order valence-electron chi connectivity index (χ1n) is 5.84. The standard InChI is InChI=1S/C12H12Cl2N4/c13-7-5-8(14)12(17-11(7)15)18-6-16-9-3-1-2-4-10(9)18/h5-6H,1-4H2,(H2,15,17). The van der Waals surface area contributed by atoms with Crippen LogP contribution in [0.15, 0.2) is 12.4 Å². The molecular weight excluding hydrogens is 271 g/mol. The van der Waals surface area contributed by atoms with E-state index < -0.39 is 0 Å². The van der Waals surface area contributed by atoms with Crippen LogP contribution in [0.1, 0.15) is 24.2 Å². The number of imidazole rings is 1. The van der Waals surface area contributed by atoms with Crippen LogP contribution in [0.4, 0.5) is 5.82 Å². The Morgan fingerprint density at radius 2 is 1.94 bits per heavy atom. The highest BCUT2D eigenvalue weighted by Crippen LogP contribution is 2.29. The molecule has 3 rings (SSSR count). The lowest BCUT2D eigenvalue weighted by Crippen LogP contribution is -2.09. The second-order valence-corrected chi connectivity index (χ2v) is 5.19. The summed E-state index contributed by atoms with van der Waals surface area (Å²) in [6, 6.07) is 1.62. The Hall–Kier alpha value is -1.26. The van der Waals surface area contributed by atoms with Gasteiger partial charge < -0.3 is 5.73 Å². The molecule has 0 spiro atoms. The van der Waals surface area contributed by atoms with Gasteiger partial charge in [0.25, 0.3) is 0 Å². The van der Waals surface area contributed by atoms with Gasteiger partial charge in [-0.25, -0.2) is 9.97 Å². The summed E-state index contributed by atoms with van der Waals surface area (Å²) >= 11 is 12.1. The summed E-state index contributed by atoms with van der Waals surface area (Å²) in [7, 11) is 0. The van der Waals surface area contributed by atoms with E-state index in [-0.39, 0.29) is 5.82 Å². The molecule has 0 unspecified atom stereocenters. The molecule has 2 aromatic heterocycles. The predicted octanol–water partition coefficient (Wildman–Crippen LogP) is 3.04. The van der Waals surface area contributed by atoms with E-state index in [4.69, 9.17) is 28.9 Å². The molecule has 2 heterocycles. The van der Waals surface area contributed by atoms with Gasteiger partial charge >= 0.3 is 0 Å². The monoisotopic (exact) mass is 282 g/mol. The predicted molar refractivity (Wildman–Crippen MR) is 72.4 cm³/mol. The smallest absolute Gasteiger partial charge is 0.159 e. The number of hydrogen-bond acceptors (Lipinski definition) is 3. The molecule has 94 valence electrons. The first-order valence-corrected chi connectivity index (χ1v) is 6.59. The SMILES string of the molecule is Nc1nc(-n2cnc3c2CCCC3)c(Cl)cc1Cl. The molecule has 2 aromatic rings. The molecule has 6 heteroatoms. The molecule has 0 atom stereocenters. The average Bonchev–Trinajstić information content (AvgIpc) is 2.78. The zero-order valence-corrected chi connectivity index (χ0v) is 11.2. The van der Waals surface area contributed by atoms with E-state index in [9.17, 15) is 0 Å². The number of nitrogen functional groups attached to an aromatic ring is 1. The van der Waals surface area contributed by atoms with Crippen LogP contribution in [-0.2, 0) is 12.8 Å². The van der Waals surface area contributed by atoms with Gasteiger partial charge in [-0.05, 0) is 31.7 Å². The molecule has 1 aliphatic carbocycles. The minimum absolute atomic E-state index is 0.286. The lowest BCUT2D eigenvalue weighted by Gasteiger charge is -2.14. The summed E-state index contributed by atoms with van der Waals surface area (Å²) in [4.78, 5) is 8.68. The number of anilines is 1.